The molecule has 2 fully saturated rings. The van der Waals surface area contributed by atoms with Crippen molar-refractivity contribution >= 4 is 23.1 Å². The lowest BCUT2D eigenvalue weighted by Crippen LogP contribution is -2.33. The van der Waals surface area contributed by atoms with E-state index in [0.29, 0.717) is 12.2 Å². The van der Waals surface area contributed by atoms with Gasteiger partial charge in [0, 0.05) is 36.8 Å². The first kappa shape index (κ1) is 19.3. The molecule has 6 nitrogen and oxygen atoms in total. The molecule has 0 aliphatic carbocycles. The van der Waals surface area contributed by atoms with E-state index in [2.05, 4.69) is 37.2 Å². The highest BCUT2D eigenvalue weighted by Gasteiger charge is 2.15. The number of aromatic nitrogens is 2. The maximum absolute atomic E-state index is 12.4. The molecule has 2 aliphatic heterocycles. The summed E-state index contributed by atoms with van der Waals surface area (Å²) in [6.07, 6.45) is 9.32. The summed E-state index contributed by atoms with van der Waals surface area (Å²) in [6.45, 7) is 6.35. The standard InChI is InChI=1S/C21H29N5OS/c27-20(22-9-6-12-25-10-2-1-3-11-25)18-16-28-21(24-18)17-7-8-19(23-15-17)26-13-4-5-14-26/h7-8,15-16H,1-6,9-14H2,(H,22,27). The minimum atomic E-state index is -0.0807. The Morgan fingerprint density at radius 2 is 1.86 bits per heavy atom. The molecule has 7 heteroatoms. The minimum Gasteiger partial charge on any atom is -0.357 e. The third-order valence-electron chi connectivity index (χ3n) is 5.55. The van der Waals surface area contributed by atoms with E-state index in [9.17, 15) is 4.79 Å². The Bertz CT molecular complexity index is 763. The minimum absolute atomic E-state index is 0.0807. The van der Waals surface area contributed by atoms with Crippen molar-refractivity contribution in [3.63, 3.8) is 0 Å². The predicted molar refractivity (Wildman–Crippen MR) is 114 cm³/mol. The van der Waals surface area contributed by atoms with E-state index in [0.717, 1.165) is 42.4 Å². The highest BCUT2D eigenvalue weighted by molar-refractivity contribution is 7.13. The molecule has 0 aromatic carbocycles. The zero-order valence-corrected chi connectivity index (χ0v) is 17.2. The van der Waals surface area contributed by atoms with Crippen LogP contribution in [0.3, 0.4) is 0 Å². The number of hydrogen-bond donors (Lipinski definition) is 1. The number of anilines is 1. The zero-order chi connectivity index (χ0) is 19.2. The van der Waals surface area contributed by atoms with Crippen molar-refractivity contribution in [3.8, 4) is 10.6 Å². The number of thiazole rings is 1. The SMILES string of the molecule is O=C(NCCCN1CCCCC1)c1csc(-c2ccc(N3CCCC3)nc2)n1. The van der Waals surface area contributed by atoms with Gasteiger partial charge in [0.2, 0.25) is 0 Å². The second-order valence-corrected chi connectivity index (χ2v) is 8.51. The first-order valence-corrected chi connectivity index (χ1v) is 11.3. The van der Waals surface area contributed by atoms with E-state index in [4.69, 9.17) is 0 Å². The van der Waals surface area contributed by atoms with Crippen LogP contribution in [-0.2, 0) is 0 Å². The maximum Gasteiger partial charge on any atom is 0.270 e. The monoisotopic (exact) mass is 399 g/mol. The van der Waals surface area contributed by atoms with E-state index in [1.165, 1.54) is 56.5 Å². The lowest BCUT2D eigenvalue weighted by atomic mass is 10.1. The average Bonchev–Trinajstić information content (AvgIpc) is 3.44. The van der Waals surface area contributed by atoms with Crippen LogP contribution in [0.25, 0.3) is 10.6 Å². The van der Waals surface area contributed by atoms with Crippen molar-refractivity contribution in [3.05, 3.63) is 29.4 Å². The predicted octanol–water partition coefficient (Wildman–Crippen LogP) is 3.41. The third kappa shape index (κ3) is 4.89. The molecule has 2 aliphatic rings. The summed E-state index contributed by atoms with van der Waals surface area (Å²) < 4.78 is 0. The Hall–Kier alpha value is -1.99. The van der Waals surface area contributed by atoms with Gasteiger partial charge in [0.05, 0.1) is 0 Å². The van der Waals surface area contributed by atoms with Gasteiger partial charge in [-0.2, -0.15) is 0 Å². The van der Waals surface area contributed by atoms with Crippen LogP contribution in [0.2, 0.25) is 0 Å². The summed E-state index contributed by atoms with van der Waals surface area (Å²) in [5.41, 5.74) is 1.47. The van der Waals surface area contributed by atoms with Crippen LogP contribution in [0.5, 0.6) is 0 Å². The Labute approximate surface area is 171 Å². The van der Waals surface area contributed by atoms with Crippen LogP contribution < -0.4 is 10.2 Å². The third-order valence-corrected chi connectivity index (χ3v) is 6.44. The summed E-state index contributed by atoms with van der Waals surface area (Å²) in [7, 11) is 0. The number of piperidine rings is 1. The van der Waals surface area contributed by atoms with Crippen molar-refractivity contribution in [1.82, 2.24) is 20.2 Å². The van der Waals surface area contributed by atoms with Crippen LogP contribution in [-0.4, -0.2) is 60.0 Å². The zero-order valence-electron chi connectivity index (χ0n) is 16.4. The average molecular weight is 400 g/mol. The van der Waals surface area contributed by atoms with E-state index in [1.54, 1.807) is 0 Å². The van der Waals surface area contributed by atoms with Crippen molar-refractivity contribution in [2.24, 2.45) is 0 Å². The van der Waals surface area contributed by atoms with Gasteiger partial charge in [0.25, 0.3) is 5.91 Å². The molecule has 150 valence electrons. The number of amides is 1. The fourth-order valence-electron chi connectivity index (χ4n) is 3.93. The Kier molecular flexibility index (Phi) is 6.54. The van der Waals surface area contributed by atoms with Gasteiger partial charge in [0.1, 0.15) is 16.5 Å². The van der Waals surface area contributed by atoms with Crippen LogP contribution in [0.1, 0.15) is 49.0 Å². The second-order valence-electron chi connectivity index (χ2n) is 7.65. The quantitative estimate of drug-likeness (QED) is 0.723. The lowest BCUT2D eigenvalue weighted by molar-refractivity contribution is 0.0947. The van der Waals surface area contributed by atoms with Gasteiger partial charge in [-0.05, 0) is 63.9 Å². The number of carbonyl (C=O) groups is 1. The first-order chi connectivity index (χ1) is 13.8. The molecule has 4 rings (SSSR count). The highest BCUT2D eigenvalue weighted by atomic mass is 32.1. The molecule has 0 bridgehead atoms. The molecule has 1 N–H and O–H groups in total. The van der Waals surface area contributed by atoms with Gasteiger partial charge in [-0.15, -0.1) is 11.3 Å². The van der Waals surface area contributed by atoms with Crippen molar-refractivity contribution in [2.45, 2.75) is 38.5 Å². The molecule has 0 unspecified atom stereocenters. The van der Waals surface area contributed by atoms with Crippen LogP contribution >= 0.6 is 11.3 Å². The van der Waals surface area contributed by atoms with Gasteiger partial charge in [0.15, 0.2) is 0 Å². The van der Waals surface area contributed by atoms with Gasteiger partial charge < -0.3 is 15.1 Å². The molecular formula is C21H29N5OS. The van der Waals surface area contributed by atoms with Gasteiger partial charge in [-0.3, -0.25) is 4.79 Å². The molecule has 0 saturated carbocycles. The molecule has 2 saturated heterocycles. The van der Waals surface area contributed by atoms with Gasteiger partial charge in [-0.25, -0.2) is 9.97 Å². The Balaban J connectivity index is 1.26. The molecule has 2 aromatic heterocycles. The van der Waals surface area contributed by atoms with E-state index in [-0.39, 0.29) is 5.91 Å². The van der Waals surface area contributed by atoms with Crippen molar-refractivity contribution < 1.29 is 4.79 Å². The van der Waals surface area contributed by atoms with Gasteiger partial charge >= 0.3 is 0 Å². The Morgan fingerprint density at radius 3 is 2.61 bits per heavy atom. The lowest BCUT2D eigenvalue weighted by Gasteiger charge is -2.26. The summed E-state index contributed by atoms with van der Waals surface area (Å²) in [5, 5.41) is 5.69. The number of nitrogens with zero attached hydrogens (tertiary/aromatic N) is 4. The molecule has 4 heterocycles. The smallest absolute Gasteiger partial charge is 0.270 e. The molecule has 2 aromatic rings. The number of rotatable bonds is 7. The fourth-order valence-corrected chi connectivity index (χ4v) is 4.73. The highest BCUT2D eigenvalue weighted by Crippen LogP contribution is 2.25. The molecule has 1 amide bonds. The number of nitrogens with one attached hydrogen (secondary N) is 1. The number of carbonyl (C=O) groups excluding carboxylic acids is 1. The maximum atomic E-state index is 12.4. The topological polar surface area (TPSA) is 61.4 Å². The van der Waals surface area contributed by atoms with Crippen molar-refractivity contribution in [1.29, 1.82) is 0 Å². The first-order valence-electron chi connectivity index (χ1n) is 10.5. The van der Waals surface area contributed by atoms with E-state index >= 15 is 0 Å². The number of hydrogen-bond acceptors (Lipinski definition) is 6. The van der Waals surface area contributed by atoms with Gasteiger partial charge in [-0.1, -0.05) is 6.42 Å². The largest absolute Gasteiger partial charge is 0.357 e. The molecule has 0 atom stereocenters. The molecule has 0 radical (unpaired) electrons. The summed E-state index contributed by atoms with van der Waals surface area (Å²) in [6, 6.07) is 4.11. The number of likely N-dealkylation sites (tertiary alicyclic amines) is 1. The summed E-state index contributed by atoms with van der Waals surface area (Å²) in [5.74, 6) is 0.951. The second kappa shape index (κ2) is 9.47. The normalized spacial score (nSPS) is 17.8. The van der Waals surface area contributed by atoms with E-state index < -0.39 is 0 Å². The van der Waals surface area contributed by atoms with Crippen LogP contribution in [0.15, 0.2) is 23.7 Å². The number of pyridine rings is 1. The fraction of sp³-hybridized carbons (Fsp3) is 0.571. The molecule has 28 heavy (non-hydrogen) atoms. The molecular weight excluding hydrogens is 370 g/mol. The van der Waals surface area contributed by atoms with Crippen LogP contribution in [0.4, 0.5) is 5.82 Å². The summed E-state index contributed by atoms with van der Waals surface area (Å²) in [4.78, 5) is 26.3. The van der Waals surface area contributed by atoms with Crippen LogP contribution in [0, 0.1) is 0 Å². The summed E-state index contributed by atoms with van der Waals surface area (Å²) >= 11 is 1.50. The van der Waals surface area contributed by atoms with Crippen molar-refractivity contribution in [2.75, 3.05) is 44.2 Å². The Morgan fingerprint density at radius 1 is 1.07 bits per heavy atom. The van der Waals surface area contributed by atoms with E-state index in [1.807, 2.05) is 11.6 Å². The molecule has 0 spiro atoms.